The zero-order valence-electron chi connectivity index (χ0n) is 18.6. The Labute approximate surface area is 185 Å². The first-order chi connectivity index (χ1) is 15.2. The van der Waals surface area contributed by atoms with Crippen LogP contribution in [0.4, 0.5) is 0 Å². The van der Waals surface area contributed by atoms with Gasteiger partial charge in [0.1, 0.15) is 11.6 Å². The van der Waals surface area contributed by atoms with Crippen LogP contribution in [0.25, 0.3) is 5.69 Å². The average molecular weight is 417 g/mol. The molecule has 0 amide bonds. The monoisotopic (exact) mass is 416 g/mol. The summed E-state index contributed by atoms with van der Waals surface area (Å²) < 4.78 is 7.48. The number of imidazole rings is 1. The minimum absolute atomic E-state index is 0.568. The third-order valence-electron chi connectivity index (χ3n) is 7.06. The van der Waals surface area contributed by atoms with E-state index in [4.69, 9.17) is 4.74 Å². The molecule has 1 aliphatic carbocycles. The van der Waals surface area contributed by atoms with Crippen molar-refractivity contribution >= 4 is 0 Å². The predicted molar refractivity (Wildman–Crippen MR) is 124 cm³/mol. The van der Waals surface area contributed by atoms with Crippen molar-refractivity contribution in [3.8, 4) is 11.4 Å². The highest BCUT2D eigenvalue weighted by Gasteiger charge is 2.31. The summed E-state index contributed by atoms with van der Waals surface area (Å²) in [5, 5.41) is 0. The quantitative estimate of drug-likeness (QED) is 0.609. The van der Waals surface area contributed by atoms with E-state index in [1.54, 1.807) is 18.2 Å². The van der Waals surface area contributed by atoms with Gasteiger partial charge in [-0.2, -0.15) is 0 Å². The second-order valence-corrected chi connectivity index (χ2v) is 8.95. The highest BCUT2D eigenvalue weighted by molar-refractivity contribution is 5.38. The molecule has 1 atom stereocenters. The normalized spacial score (nSPS) is 19.6. The number of likely N-dealkylation sites (tertiary alicyclic amines) is 1. The maximum atomic E-state index is 5.30. The van der Waals surface area contributed by atoms with Crippen molar-refractivity contribution in [1.29, 1.82) is 0 Å². The Morgan fingerprint density at radius 2 is 1.81 bits per heavy atom. The Morgan fingerprint density at radius 3 is 2.52 bits per heavy atom. The number of aromatic nitrogens is 2. The van der Waals surface area contributed by atoms with Crippen LogP contribution in [0.1, 0.15) is 29.8 Å². The largest absolute Gasteiger partial charge is 0.497 e. The van der Waals surface area contributed by atoms with Crippen molar-refractivity contribution in [2.75, 3.05) is 27.2 Å². The predicted octanol–water partition coefficient (Wildman–Crippen LogP) is 3.94. The molecule has 0 radical (unpaired) electrons. The summed E-state index contributed by atoms with van der Waals surface area (Å²) in [6.07, 6.45) is 8.89. The number of likely N-dealkylation sites (N-methyl/N-ethyl adjacent to an activating group) is 1. The van der Waals surface area contributed by atoms with Gasteiger partial charge in [-0.15, -0.1) is 0 Å². The number of methoxy groups -OCH3 is 1. The summed E-state index contributed by atoms with van der Waals surface area (Å²) in [5.41, 5.74) is 4.21. The summed E-state index contributed by atoms with van der Waals surface area (Å²) >= 11 is 0. The Hall–Kier alpha value is -2.63. The van der Waals surface area contributed by atoms with E-state index in [1.165, 1.54) is 32.2 Å². The highest BCUT2D eigenvalue weighted by Crippen LogP contribution is 2.28. The molecule has 1 fully saturated rings. The van der Waals surface area contributed by atoms with Crippen LogP contribution >= 0.6 is 0 Å². The van der Waals surface area contributed by atoms with E-state index in [1.807, 2.05) is 24.5 Å². The van der Waals surface area contributed by atoms with Gasteiger partial charge >= 0.3 is 0 Å². The molecule has 0 N–H and O–H groups in total. The fourth-order valence-corrected chi connectivity index (χ4v) is 5.25. The van der Waals surface area contributed by atoms with Crippen LogP contribution in [0.2, 0.25) is 0 Å². The van der Waals surface area contributed by atoms with Crippen molar-refractivity contribution in [3.05, 3.63) is 77.9 Å². The third-order valence-corrected chi connectivity index (χ3v) is 7.06. The van der Waals surface area contributed by atoms with Crippen LogP contribution < -0.4 is 4.74 Å². The zero-order chi connectivity index (χ0) is 21.2. The van der Waals surface area contributed by atoms with Gasteiger partial charge in [0.2, 0.25) is 0 Å². The molecule has 3 aromatic rings. The minimum Gasteiger partial charge on any atom is -0.497 e. The molecule has 5 nitrogen and oxygen atoms in total. The van der Waals surface area contributed by atoms with Crippen molar-refractivity contribution in [2.45, 2.75) is 44.3 Å². The van der Waals surface area contributed by atoms with Crippen LogP contribution in [-0.4, -0.2) is 58.7 Å². The molecule has 2 aliphatic rings. The molecule has 2 heterocycles. The first kappa shape index (κ1) is 20.3. The van der Waals surface area contributed by atoms with Crippen LogP contribution in [0, 0.1) is 0 Å². The standard InChI is InChI=1S/C26H32N4O/c1-28(19-26-27-13-15-30(26)22-9-11-25(31-2)12-10-22)23-8-5-14-29(18-23)24-16-20-6-3-4-7-21(20)17-24/h3-4,6-7,9-13,15,23-24H,5,8,14,16-19H2,1-2H3. The molecule has 162 valence electrons. The summed E-state index contributed by atoms with van der Waals surface area (Å²) in [5.74, 6) is 1.96. The van der Waals surface area contributed by atoms with Gasteiger partial charge in [-0.05, 0) is 74.7 Å². The smallest absolute Gasteiger partial charge is 0.127 e. The second kappa shape index (κ2) is 8.85. The van der Waals surface area contributed by atoms with Crippen molar-refractivity contribution in [1.82, 2.24) is 19.4 Å². The van der Waals surface area contributed by atoms with Gasteiger partial charge in [-0.3, -0.25) is 9.80 Å². The van der Waals surface area contributed by atoms with E-state index in [-0.39, 0.29) is 0 Å². The molecule has 1 saturated heterocycles. The van der Waals surface area contributed by atoms with Crippen molar-refractivity contribution in [2.24, 2.45) is 0 Å². The van der Waals surface area contributed by atoms with Gasteiger partial charge in [0.15, 0.2) is 0 Å². The minimum atomic E-state index is 0.568. The Morgan fingerprint density at radius 1 is 1.06 bits per heavy atom. The van der Waals surface area contributed by atoms with E-state index in [2.05, 4.69) is 62.8 Å². The molecule has 0 saturated carbocycles. The molecule has 5 rings (SSSR count). The fourth-order valence-electron chi connectivity index (χ4n) is 5.25. The number of benzene rings is 2. The number of hydrogen-bond acceptors (Lipinski definition) is 4. The SMILES string of the molecule is COc1ccc(-n2ccnc2CN(C)C2CCCN(C3Cc4ccccc4C3)C2)cc1. The molecular weight excluding hydrogens is 384 g/mol. The number of ether oxygens (including phenoxy) is 1. The number of hydrogen-bond donors (Lipinski definition) is 0. The second-order valence-electron chi connectivity index (χ2n) is 8.95. The van der Waals surface area contributed by atoms with Gasteiger partial charge in [0.05, 0.1) is 13.7 Å². The van der Waals surface area contributed by atoms with Gasteiger partial charge < -0.3 is 9.30 Å². The first-order valence-electron chi connectivity index (χ1n) is 11.4. The molecule has 0 spiro atoms. The Bertz CT molecular complexity index is 987. The van der Waals surface area contributed by atoms with Crippen molar-refractivity contribution < 1.29 is 4.74 Å². The number of piperidine rings is 1. The van der Waals surface area contributed by atoms with E-state index in [0.29, 0.717) is 12.1 Å². The summed E-state index contributed by atoms with van der Waals surface area (Å²) in [6, 6.07) is 18.4. The number of rotatable bonds is 6. The van der Waals surface area contributed by atoms with E-state index < -0.39 is 0 Å². The Kier molecular flexibility index (Phi) is 5.79. The van der Waals surface area contributed by atoms with Crippen LogP contribution in [-0.2, 0) is 19.4 Å². The number of fused-ring (bicyclic) bond motifs is 1. The molecule has 2 aromatic carbocycles. The molecule has 1 aromatic heterocycles. The van der Waals surface area contributed by atoms with Crippen LogP contribution in [0.5, 0.6) is 5.75 Å². The molecule has 5 heteroatoms. The van der Waals surface area contributed by atoms with E-state index in [0.717, 1.165) is 30.4 Å². The van der Waals surface area contributed by atoms with Gasteiger partial charge in [0.25, 0.3) is 0 Å². The summed E-state index contributed by atoms with van der Waals surface area (Å²) in [6.45, 7) is 3.23. The molecule has 1 aliphatic heterocycles. The zero-order valence-corrected chi connectivity index (χ0v) is 18.6. The van der Waals surface area contributed by atoms with Crippen molar-refractivity contribution in [3.63, 3.8) is 0 Å². The molecule has 1 unspecified atom stereocenters. The lowest BCUT2D eigenvalue weighted by atomic mass is 10.0. The van der Waals surface area contributed by atoms with Gasteiger partial charge in [-0.25, -0.2) is 4.98 Å². The van der Waals surface area contributed by atoms with Gasteiger partial charge in [-0.1, -0.05) is 24.3 Å². The van der Waals surface area contributed by atoms with E-state index >= 15 is 0 Å². The highest BCUT2D eigenvalue weighted by atomic mass is 16.5. The topological polar surface area (TPSA) is 33.5 Å². The number of nitrogens with zero attached hydrogens (tertiary/aromatic N) is 4. The summed E-state index contributed by atoms with van der Waals surface area (Å²) in [7, 11) is 3.95. The molecular formula is C26H32N4O. The van der Waals surface area contributed by atoms with Crippen LogP contribution in [0.3, 0.4) is 0 Å². The van der Waals surface area contributed by atoms with E-state index in [9.17, 15) is 0 Å². The maximum absolute atomic E-state index is 5.30. The molecule has 0 bridgehead atoms. The summed E-state index contributed by atoms with van der Waals surface area (Å²) in [4.78, 5) is 9.90. The lowest BCUT2D eigenvalue weighted by Gasteiger charge is -2.40. The van der Waals surface area contributed by atoms with Crippen LogP contribution in [0.15, 0.2) is 60.9 Å². The third kappa shape index (κ3) is 4.25. The maximum Gasteiger partial charge on any atom is 0.127 e. The first-order valence-corrected chi connectivity index (χ1v) is 11.4. The molecule has 31 heavy (non-hydrogen) atoms. The lowest BCUT2D eigenvalue weighted by Crippen LogP contribution is -2.50. The Balaban J connectivity index is 1.24. The lowest BCUT2D eigenvalue weighted by molar-refractivity contribution is 0.0821. The average Bonchev–Trinajstić information content (AvgIpc) is 3.46. The van der Waals surface area contributed by atoms with Gasteiger partial charge in [0, 0.05) is 36.7 Å². The fraction of sp³-hybridized carbons (Fsp3) is 0.423.